The smallest absolute Gasteiger partial charge is 0.231 e. The summed E-state index contributed by atoms with van der Waals surface area (Å²) >= 11 is 0. The Bertz CT molecular complexity index is 544. The Kier molecular flexibility index (Phi) is 5.08. The molecule has 0 saturated heterocycles. The number of ether oxygens (including phenoxy) is 3. The van der Waals surface area contributed by atoms with E-state index >= 15 is 0 Å². The highest BCUT2D eigenvalue weighted by Gasteiger charge is 2.14. The summed E-state index contributed by atoms with van der Waals surface area (Å²) in [4.78, 5) is 0. The van der Waals surface area contributed by atoms with E-state index in [0.717, 1.165) is 6.42 Å². The van der Waals surface area contributed by atoms with Crippen molar-refractivity contribution < 1.29 is 22.6 Å². The van der Waals surface area contributed by atoms with Crippen LogP contribution in [0.25, 0.3) is 0 Å². The van der Waals surface area contributed by atoms with Gasteiger partial charge in [0, 0.05) is 12.6 Å². The zero-order valence-electron chi connectivity index (χ0n) is 11.4. The molecule has 20 heavy (non-hydrogen) atoms. The number of sulfonamides is 1. The van der Waals surface area contributed by atoms with Gasteiger partial charge in [0.2, 0.25) is 16.8 Å². The summed E-state index contributed by atoms with van der Waals surface area (Å²) in [7, 11) is -3.18. The molecule has 0 saturated carbocycles. The van der Waals surface area contributed by atoms with E-state index in [9.17, 15) is 8.42 Å². The fourth-order valence-electron chi connectivity index (χ4n) is 1.74. The van der Waals surface area contributed by atoms with Crippen LogP contribution in [0.1, 0.15) is 19.8 Å². The van der Waals surface area contributed by atoms with Crippen LogP contribution in [0.15, 0.2) is 18.2 Å². The molecular weight excluding hydrogens is 282 g/mol. The Morgan fingerprint density at radius 3 is 2.90 bits per heavy atom. The topological polar surface area (TPSA) is 73.9 Å². The van der Waals surface area contributed by atoms with Crippen LogP contribution in [-0.2, 0) is 10.0 Å². The van der Waals surface area contributed by atoms with Gasteiger partial charge in [-0.2, -0.15) is 0 Å². The lowest BCUT2D eigenvalue weighted by Crippen LogP contribution is -2.27. The Hall–Kier alpha value is -1.47. The Morgan fingerprint density at radius 1 is 1.30 bits per heavy atom. The highest BCUT2D eigenvalue weighted by atomic mass is 32.2. The molecule has 0 amide bonds. The Morgan fingerprint density at radius 2 is 2.10 bits per heavy atom. The lowest BCUT2D eigenvalue weighted by molar-refractivity contribution is 0.173. The third-order valence-electron chi connectivity index (χ3n) is 2.74. The molecule has 1 aliphatic heterocycles. The van der Waals surface area contributed by atoms with Gasteiger partial charge in [0.1, 0.15) is 5.75 Å². The maximum absolute atomic E-state index is 11.6. The average molecular weight is 301 g/mol. The number of rotatable bonds is 8. The maximum atomic E-state index is 11.6. The van der Waals surface area contributed by atoms with Crippen LogP contribution in [0.4, 0.5) is 0 Å². The molecule has 0 aromatic heterocycles. The van der Waals surface area contributed by atoms with E-state index in [1.165, 1.54) is 0 Å². The second-order valence-electron chi connectivity index (χ2n) is 4.43. The molecule has 0 aliphatic carbocycles. The van der Waals surface area contributed by atoms with E-state index in [1.54, 1.807) is 18.2 Å². The standard InChI is InChI=1S/C13H19NO5S/c1-2-6-14-20(15,16)8-3-7-17-11-4-5-12-13(9-11)19-10-18-12/h4-5,9,14H,2-3,6-8,10H2,1H3. The molecule has 1 aromatic carbocycles. The Labute approximate surface area is 119 Å². The first-order chi connectivity index (χ1) is 9.61. The van der Waals surface area contributed by atoms with Crippen molar-refractivity contribution in [3.63, 3.8) is 0 Å². The second kappa shape index (κ2) is 6.81. The van der Waals surface area contributed by atoms with Crippen molar-refractivity contribution in [1.29, 1.82) is 0 Å². The van der Waals surface area contributed by atoms with E-state index in [1.807, 2.05) is 6.92 Å². The molecule has 6 nitrogen and oxygen atoms in total. The fourth-order valence-corrected chi connectivity index (χ4v) is 2.89. The summed E-state index contributed by atoms with van der Waals surface area (Å²) in [5, 5.41) is 0. The van der Waals surface area contributed by atoms with Crippen molar-refractivity contribution in [3.05, 3.63) is 18.2 Å². The zero-order valence-corrected chi connectivity index (χ0v) is 12.2. The fraction of sp³-hybridized carbons (Fsp3) is 0.538. The summed E-state index contributed by atoms with van der Waals surface area (Å²) in [6, 6.07) is 5.29. The predicted octanol–water partition coefficient (Wildman–Crippen LogP) is 1.51. The predicted molar refractivity (Wildman–Crippen MR) is 74.8 cm³/mol. The van der Waals surface area contributed by atoms with Crippen molar-refractivity contribution in [1.82, 2.24) is 4.72 Å². The van der Waals surface area contributed by atoms with Crippen LogP contribution in [0.2, 0.25) is 0 Å². The average Bonchev–Trinajstić information content (AvgIpc) is 2.89. The third-order valence-corrected chi connectivity index (χ3v) is 4.21. The Balaban J connectivity index is 1.73. The van der Waals surface area contributed by atoms with E-state index in [2.05, 4.69) is 4.72 Å². The van der Waals surface area contributed by atoms with Gasteiger partial charge in [0.15, 0.2) is 11.5 Å². The molecule has 1 aliphatic rings. The molecule has 0 unspecified atom stereocenters. The number of fused-ring (bicyclic) bond motifs is 1. The minimum atomic E-state index is -3.18. The van der Waals surface area contributed by atoms with E-state index in [4.69, 9.17) is 14.2 Å². The molecule has 0 spiro atoms. The summed E-state index contributed by atoms with van der Waals surface area (Å²) in [6.45, 7) is 2.96. The molecule has 0 radical (unpaired) electrons. The molecule has 1 heterocycles. The minimum absolute atomic E-state index is 0.0670. The van der Waals surface area contributed by atoms with Crippen LogP contribution < -0.4 is 18.9 Å². The maximum Gasteiger partial charge on any atom is 0.231 e. The quantitative estimate of drug-likeness (QED) is 0.737. The molecule has 1 N–H and O–H groups in total. The van der Waals surface area contributed by atoms with Crippen LogP contribution in [0, 0.1) is 0 Å². The van der Waals surface area contributed by atoms with E-state index in [0.29, 0.717) is 36.8 Å². The largest absolute Gasteiger partial charge is 0.493 e. The molecule has 112 valence electrons. The SMILES string of the molecule is CCCNS(=O)(=O)CCCOc1ccc2c(c1)OCO2. The van der Waals surface area contributed by atoms with Gasteiger partial charge in [-0.05, 0) is 25.0 Å². The molecule has 7 heteroatoms. The van der Waals surface area contributed by atoms with Crippen molar-refractivity contribution in [2.24, 2.45) is 0 Å². The first kappa shape index (κ1) is 14.9. The molecule has 0 fully saturated rings. The normalized spacial score (nSPS) is 13.4. The first-order valence-corrected chi connectivity index (χ1v) is 8.26. The van der Waals surface area contributed by atoms with Crippen molar-refractivity contribution in [2.75, 3.05) is 25.7 Å². The molecule has 1 aromatic rings. The van der Waals surface area contributed by atoms with Gasteiger partial charge in [-0.1, -0.05) is 6.92 Å². The summed E-state index contributed by atoms with van der Waals surface area (Å²) in [6.07, 6.45) is 1.22. The summed E-state index contributed by atoms with van der Waals surface area (Å²) < 4.78 is 41.6. The zero-order chi connectivity index (χ0) is 14.4. The number of hydrogen-bond donors (Lipinski definition) is 1. The molecule has 0 atom stereocenters. The van der Waals surface area contributed by atoms with Crippen LogP contribution in [-0.4, -0.2) is 34.1 Å². The lowest BCUT2D eigenvalue weighted by Gasteiger charge is -2.08. The molecule has 2 rings (SSSR count). The van der Waals surface area contributed by atoms with Crippen molar-refractivity contribution in [3.8, 4) is 17.2 Å². The van der Waals surface area contributed by atoms with Crippen molar-refractivity contribution >= 4 is 10.0 Å². The van der Waals surface area contributed by atoms with E-state index < -0.39 is 10.0 Å². The van der Waals surface area contributed by atoms with Crippen LogP contribution in [0.3, 0.4) is 0 Å². The van der Waals surface area contributed by atoms with Gasteiger partial charge < -0.3 is 14.2 Å². The lowest BCUT2D eigenvalue weighted by atomic mass is 10.3. The third kappa shape index (κ3) is 4.28. The number of nitrogens with one attached hydrogen (secondary N) is 1. The second-order valence-corrected chi connectivity index (χ2v) is 6.36. The molecule has 0 bridgehead atoms. The number of hydrogen-bond acceptors (Lipinski definition) is 5. The minimum Gasteiger partial charge on any atom is -0.493 e. The van der Waals surface area contributed by atoms with Gasteiger partial charge in [0.25, 0.3) is 0 Å². The van der Waals surface area contributed by atoms with Gasteiger partial charge in [-0.15, -0.1) is 0 Å². The van der Waals surface area contributed by atoms with Gasteiger partial charge in [0.05, 0.1) is 12.4 Å². The highest BCUT2D eigenvalue weighted by molar-refractivity contribution is 7.89. The molecular formula is C13H19NO5S. The van der Waals surface area contributed by atoms with Crippen molar-refractivity contribution in [2.45, 2.75) is 19.8 Å². The summed E-state index contributed by atoms with van der Waals surface area (Å²) in [5.74, 6) is 2.06. The highest BCUT2D eigenvalue weighted by Crippen LogP contribution is 2.35. The number of benzene rings is 1. The monoisotopic (exact) mass is 301 g/mol. The summed E-state index contributed by atoms with van der Waals surface area (Å²) in [5.41, 5.74) is 0. The van der Waals surface area contributed by atoms with Gasteiger partial charge in [-0.25, -0.2) is 13.1 Å². The van der Waals surface area contributed by atoms with Gasteiger partial charge >= 0.3 is 0 Å². The van der Waals surface area contributed by atoms with Crippen LogP contribution in [0.5, 0.6) is 17.2 Å². The van der Waals surface area contributed by atoms with Gasteiger partial charge in [-0.3, -0.25) is 0 Å². The first-order valence-electron chi connectivity index (χ1n) is 6.60. The van der Waals surface area contributed by atoms with Crippen LogP contribution >= 0.6 is 0 Å². The van der Waals surface area contributed by atoms with E-state index in [-0.39, 0.29) is 12.5 Å².